The lowest BCUT2D eigenvalue weighted by atomic mass is 9.86. The van der Waals surface area contributed by atoms with Crippen LogP contribution in [0.1, 0.15) is 0 Å². The summed E-state index contributed by atoms with van der Waals surface area (Å²) in [6, 6.07) is 0. The lowest BCUT2D eigenvalue weighted by Gasteiger charge is -2.48. The zero-order valence-corrected chi connectivity index (χ0v) is 11.6. The summed E-state index contributed by atoms with van der Waals surface area (Å²) >= 11 is 0. The van der Waals surface area contributed by atoms with Crippen molar-refractivity contribution in [3.63, 3.8) is 0 Å². The average Bonchev–Trinajstić information content (AvgIpc) is 2.52. The summed E-state index contributed by atoms with van der Waals surface area (Å²) < 4.78 is 10.5. The van der Waals surface area contributed by atoms with Crippen LogP contribution in [0.4, 0.5) is 0 Å². The summed E-state index contributed by atoms with van der Waals surface area (Å²) in [6.07, 6.45) is -15.0. The van der Waals surface area contributed by atoms with Crippen molar-refractivity contribution in [1.29, 1.82) is 0 Å². The van der Waals surface area contributed by atoms with Crippen LogP contribution in [0.5, 0.6) is 0 Å². The van der Waals surface area contributed by atoms with Crippen LogP contribution in [0.2, 0.25) is 0 Å². The van der Waals surface area contributed by atoms with Gasteiger partial charge in [0.15, 0.2) is 0 Å². The molecule has 22 heavy (non-hydrogen) atoms. The molecule has 0 bridgehead atoms. The van der Waals surface area contributed by atoms with Gasteiger partial charge in [0.05, 0.1) is 13.2 Å². The molecule has 0 aromatic heterocycles. The molecule has 0 radical (unpaired) electrons. The van der Waals surface area contributed by atoms with E-state index in [0.29, 0.717) is 0 Å². The van der Waals surface area contributed by atoms with Crippen LogP contribution in [0.15, 0.2) is 0 Å². The molecule has 0 aromatic rings. The molecule has 0 aromatic carbocycles. The Morgan fingerprint density at radius 1 is 0.500 bits per heavy atom. The zero-order valence-electron chi connectivity index (χ0n) is 11.6. The molecule has 2 fully saturated rings. The van der Waals surface area contributed by atoms with Crippen molar-refractivity contribution < 1.29 is 50.3 Å². The third-order valence-corrected chi connectivity index (χ3v) is 4.18. The van der Waals surface area contributed by atoms with E-state index in [9.17, 15) is 30.6 Å². The van der Waals surface area contributed by atoms with Gasteiger partial charge in [-0.15, -0.1) is 0 Å². The second-order valence-corrected chi connectivity index (χ2v) is 5.59. The predicted octanol–water partition coefficient (Wildman–Crippen LogP) is -5.33. The number of rotatable bonds is 3. The second kappa shape index (κ2) is 7.01. The normalized spacial score (nSPS) is 53.5. The molecule has 0 spiro atoms. The van der Waals surface area contributed by atoms with Crippen molar-refractivity contribution in [3.05, 3.63) is 0 Å². The van der Waals surface area contributed by atoms with Gasteiger partial charge in [-0.25, -0.2) is 0 Å². The quantitative estimate of drug-likeness (QED) is 0.249. The Bertz CT molecular complexity index is 330. The van der Waals surface area contributed by atoms with Crippen LogP contribution in [0.25, 0.3) is 0 Å². The fourth-order valence-corrected chi connectivity index (χ4v) is 2.80. The predicted molar refractivity (Wildman–Crippen MR) is 67.5 cm³/mol. The van der Waals surface area contributed by atoms with Gasteiger partial charge in [-0.05, 0) is 0 Å². The van der Waals surface area contributed by atoms with E-state index >= 15 is 0 Å². The number of hydrogen-bond acceptors (Lipinski definition) is 10. The highest BCUT2D eigenvalue weighted by Gasteiger charge is 2.53. The Labute approximate surface area is 125 Å². The molecule has 10 heteroatoms. The maximum atomic E-state index is 9.99. The number of ether oxygens (including phenoxy) is 2. The van der Waals surface area contributed by atoms with E-state index in [-0.39, 0.29) is 0 Å². The number of hydrogen-bond donors (Lipinski definition) is 8. The Kier molecular flexibility index (Phi) is 5.72. The van der Waals surface area contributed by atoms with E-state index in [4.69, 9.17) is 19.7 Å². The molecular formula is C12H22O10. The monoisotopic (exact) mass is 326 g/mol. The topological polar surface area (TPSA) is 180 Å². The van der Waals surface area contributed by atoms with Crippen LogP contribution in [0, 0.1) is 0 Å². The molecular weight excluding hydrogens is 304 g/mol. The third-order valence-electron chi connectivity index (χ3n) is 4.18. The molecule has 0 saturated carbocycles. The van der Waals surface area contributed by atoms with E-state index in [0.717, 1.165) is 0 Å². The maximum absolute atomic E-state index is 9.99. The summed E-state index contributed by atoms with van der Waals surface area (Å²) in [4.78, 5) is 0. The minimum absolute atomic E-state index is 0.654. The smallest absolute Gasteiger partial charge is 0.115 e. The fourth-order valence-electron chi connectivity index (χ4n) is 2.80. The minimum Gasteiger partial charge on any atom is -0.394 e. The molecule has 0 aliphatic carbocycles. The zero-order chi connectivity index (χ0) is 16.6. The summed E-state index contributed by atoms with van der Waals surface area (Å²) in [5, 5.41) is 77.1. The van der Waals surface area contributed by atoms with Gasteiger partial charge in [-0.3, -0.25) is 0 Å². The van der Waals surface area contributed by atoms with E-state index in [1.807, 2.05) is 0 Å². The molecule has 2 aliphatic heterocycles. The first-order valence-corrected chi connectivity index (χ1v) is 6.94. The van der Waals surface area contributed by atoms with Gasteiger partial charge >= 0.3 is 0 Å². The number of aliphatic hydroxyl groups excluding tert-OH is 8. The van der Waals surface area contributed by atoms with Crippen LogP contribution < -0.4 is 0 Å². The van der Waals surface area contributed by atoms with Gasteiger partial charge in [0, 0.05) is 0 Å². The van der Waals surface area contributed by atoms with Crippen molar-refractivity contribution in [2.75, 3.05) is 13.2 Å². The highest BCUT2D eigenvalue weighted by molar-refractivity contribution is 5.02. The van der Waals surface area contributed by atoms with Gasteiger partial charge in [0.25, 0.3) is 0 Å². The van der Waals surface area contributed by atoms with Gasteiger partial charge in [-0.2, -0.15) is 0 Å². The van der Waals surface area contributed by atoms with Crippen LogP contribution in [-0.4, -0.2) is 115 Å². The van der Waals surface area contributed by atoms with Gasteiger partial charge in [0.2, 0.25) is 0 Å². The van der Waals surface area contributed by atoms with Crippen LogP contribution in [0.3, 0.4) is 0 Å². The van der Waals surface area contributed by atoms with Gasteiger partial charge in [0.1, 0.15) is 61.0 Å². The fraction of sp³-hybridized carbons (Fsp3) is 1.00. The highest BCUT2D eigenvalue weighted by Crippen LogP contribution is 2.31. The average molecular weight is 326 g/mol. The highest BCUT2D eigenvalue weighted by atomic mass is 16.6. The van der Waals surface area contributed by atoms with E-state index in [2.05, 4.69) is 0 Å². The molecule has 2 saturated heterocycles. The molecule has 2 rings (SSSR count). The Morgan fingerprint density at radius 2 is 0.818 bits per heavy atom. The molecule has 130 valence electrons. The van der Waals surface area contributed by atoms with E-state index in [1.165, 1.54) is 0 Å². The molecule has 10 atom stereocenters. The van der Waals surface area contributed by atoms with E-state index in [1.54, 1.807) is 0 Å². The van der Waals surface area contributed by atoms with Crippen molar-refractivity contribution in [3.8, 4) is 0 Å². The van der Waals surface area contributed by atoms with Crippen LogP contribution >= 0.6 is 0 Å². The second-order valence-electron chi connectivity index (χ2n) is 5.59. The molecule has 2 heterocycles. The van der Waals surface area contributed by atoms with E-state index < -0.39 is 74.3 Å². The van der Waals surface area contributed by atoms with Crippen molar-refractivity contribution in [2.45, 2.75) is 61.0 Å². The summed E-state index contributed by atoms with van der Waals surface area (Å²) in [5.41, 5.74) is 0. The molecule has 1 unspecified atom stereocenters. The lowest BCUT2D eigenvalue weighted by molar-refractivity contribution is -0.302. The summed E-state index contributed by atoms with van der Waals surface area (Å²) in [7, 11) is 0. The minimum atomic E-state index is -1.67. The first kappa shape index (κ1) is 17.9. The van der Waals surface area contributed by atoms with Crippen molar-refractivity contribution >= 4 is 0 Å². The first-order valence-electron chi connectivity index (χ1n) is 6.94. The summed E-state index contributed by atoms with van der Waals surface area (Å²) in [5.74, 6) is 0. The Hall–Kier alpha value is -0.400. The summed E-state index contributed by atoms with van der Waals surface area (Å²) in [6.45, 7) is -1.31. The number of aliphatic hydroxyl groups is 8. The maximum Gasteiger partial charge on any atom is 0.115 e. The standard InChI is InChI=1S/C12H22O10/c13-1-3-5(15)7(17)9(19)11(21-3)12-10(20)8(18)6(16)4(2-14)22-12/h3-20H,1-2H2/t3-,4-,5-,6+,7+,8+,9-,10-,11+,12?/m1/s1. The molecule has 0 amide bonds. The third kappa shape index (κ3) is 2.99. The molecule has 8 N–H and O–H groups in total. The Balaban J connectivity index is 2.21. The van der Waals surface area contributed by atoms with Crippen LogP contribution in [-0.2, 0) is 9.47 Å². The molecule has 10 nitrogen and oxygen atoms in total. The first-order chi connectivity index (χ1) is 10.3. The molecule has 2 aliphatic rings. The Morgan fingerprint density at radius 3 is 1.09 bits per heavy atom. The largest absolute Gasteiger partial charge is 0.394 e. The SMILES string of the molecule is OC[C@H]1OC([C@H]2O[C@H](CO)[C@@H](O)[C@H](O)[C@H]2O)[C@H](O)[C@@H](O)[C@H]1O. The lowest BCUT2D eigenvalue weighted by Crippen LogP contribution is -2.68. The van der Waals surface area contributed by atoms with Gasteiger partial charge in [-0.1, -0.05) is 0 Å². The van der Waals surface area contributed by atoms with Gasteiger partial charge < -0.3 is 50.3 Å². The van der Waals surface area contributed by atoms with Crippen molar-refractivity contribution in [2.24, 2.45) is 0 Å². The van der Waals surface area contributed by atoms with Crippen molar-refractivity contribution in [1.82, 2.24) is 0 Å².